The van der Waals surface area contributed by atoms with Crippen molar-refractivity contribution in [3.63, 3.8) is 0 Å². The highest BCUT2D eigenvalue weighted by Gasteiger charge is 2.24. The Morgan fingerprint density at radius 2 is 2.36 bits per heavy atom. The monoisotopic (exact) mass is 190 g/mol. The Bertz CT molecular complexity index is 370. The second-order valence-corrected chi connectivity index (χ2v) is 3.53. The molecule has 3 heteroatoms. The molecule has 1 aliphatic heterocycles. The van der Waals surface area contributed by atoms with Gasteiger partial charge in [-0.05, 0) is 24.1 Å². The van der Waals surface area contributed by atoms with Gasteiger partial charge in [0.05, 0.1) is 11.6 Å². The number of benzene rings is 1. The second kappa shape index (κ2) is 3.77. The van der Waals surface area contributed by atoms with Crippen molar-refractivity contribution in [2.45, 2.75) is 18.6 Å². The van der Waals surface area contributed by atoms with Crippen molar-refractivity contribution in [2.75, 3.05) is 6.54 Å². The van der Waals surface area contributed by atoms with Gasteiger partial charge < -0.3 is 5.32 Å². The third-order valence-corrected chi connectivity index (χ3v) is 2.50. The van der Waals surface area contributed by atoms with Crippen LogP contribution in [0.4, 0.5) is 4.39 Å². The lowest BCUT2D eigenvalue weighted by atomic mass is 10.0. The van der Waals surface area contributed by atoms with E-state index in [1.807, 2.05) is 18.2 Å². The molecule has 0 aliphatic carbocycles. The molecule has 0 unspecified atom stereocenters. The number of nitriles is 1. The van der Waals surface area contributed by atoms with Gasteiger partial charge in [-0.25, -0.2) is 4.39 Å². The summed E-state index contributed by atoms with van der Waals surface area (Å²) in [6, 6.07) is 9.48. The van der Waals surface area contributed by atoms with Crippen LogP contribution in [-0.2, 0) is 0 Å². The van der Waals surface area contributed by atoms with Gasteiger partial charge in [0.2, 0.25) is 0 Å². The molecule has 14 heavy (non-hydrogen) atoms. The third kappa shape index (κ3) is 1.75. The molecule has 1 heterocycles. The Morgan fingerprint density at radius 3 is 3.00 bits per heavy atom. The zero-order valence-electron chi connectivity index (χ0n) is 7.70. The lowest BCUT2D eigenvalue weighted by Gasteiger charge is -2.09. The van der Waals surface area contributed by atoms with Crippen molar-refractivity contribution in [1.29, 1.82) is 5.26 Å². The summed E-state index contributed by atoms with van der Waals surface area (Å²) in [6.45, 7) is 0.418. The summed E-state index contributed by atoms with van der Waals surface area (Å²) in [5, 5.41) is 11.8. The molecule has 72 valence electrons. The Morgan fingerprint density at radius 1 is 1.50 bits per heavy atom. The first kappa shape index (κ1) is 9.17. The summed E-state index contributed by atoms with van der Waals surface area (Å²) in [5.41, 5.74) is 1.64. The molecule has 0 saturated carbocycles. The number of rotatable bonds is 1. The van der Waals surface area contributed by atoms with Gasteiger partial charge in [-0.15, -0.1) is 0 Å². The normalized spacial score (nSPS) is 26.0. The highest BCUT2D eigenvalue weighted by molar-refractivity contribution is 5.34. The van der Waals surface area contributed by atoms with Crippen LogP contribution in [0, 0.1) is 11.3 Å². The standard InChI is InChI=1S/C11H11FN2/c12-10-5-11(14-7-10)9-3-1-2-8(4-9)6-13/h1-4,10-11,14H,5,7H2/t10-,11+/m0/s1. The fourth-order valence-corrected chi connectivity index (χ4v) is 1.77. The topological polar surface area (TPSA) is 35.8 Å². The molecule has 1 aliphatic rings. The van der Waals surface area contributed by atoms with Crippen LogP contribution in [0.25, 0.3) is 0 Å². The number of hydrogen-bond acceptors (Lipinski definition) is 2. The SMILES string of the molecule is N#Cc1cccc([C@H]2C[C@H](F)CN2)c1. The van der Waals surface area contributed by atoms with Crippen molar-refractivity contribution in [1.82, 2.24) is 5.32 Å². The fourth-order valence-electron chi connectivity index (χ4n) is 1.77. The second-order valence-electron chi connectivity index (χ2n) is 3.53. The van der Waals surface area contributed by atoms with E-state index >= 15 is 0 Å². The number of nitrogens with zero attached hydrogens (tertiary/aromatic N) is 1. The van der Waals surface area contributed by atoms with Gasteiger partial charge in [0.15, 0.2) is 0 Å². The van der Waals surface area contributed by atoms with Crippen LogP contribution in [-0.4, -0.2) is 12.7 Å². The Hall–Kier alpha value is -1.40. The Kier molecular flexibility index (Phi) is 2.47. The first-order valence-electron chi connectivity index (χ1n) is 4.67. The summed E-state index contributed by atoms with van der Waals surface area (Å²) in [7, 11) is 0. The van der Waals surface area contributed by atoms with E-state index in [4.69, 9.17) is 5.26 Å². The van der Waals surface area contributed by atoms with Gasteiger partial charge in [0.25, 0.3) is 0 Å². The van der Waals surface area contributed by atoms with Gasteiger partial charge in [0.1, 0.15) is 6.17 Å². The highest BCUT2D eigenvalue weighted by atomic mass is 19.1. The van der Waals surface area contributed by atoms with Gasteiger partial charge >= 0.3 is 0 Å². The quantitative estimate of drug-likeness (QED) is 0.734. The fraction of sp³-hybridized carbons (Fsp3) is 0.364. The summed E-state index contributed by atoms with van der Waals surface area (Å²) in [4.78, 5) is 0. The predicted octanol–water partition coefficient (Wildman–Crippen LogP) is 1.93. The molecule has 1 saturated heterocycles. The summed E-state index contributed by atoms with van der Waals surface area (Å²) >= 11 is 0. The largest absolute Gasteiger partial charge is 0.307 e. The van der Waals surface area contributed by atoms with E-state index in [9.17, 15) is 4.39 Å². The zero-order chi connectivity index (χ0) is 9.97. The van der Waals surface area contributed by atoms with Crippen molar-refractivity contribution in [3.05, 3.63) is 35.4 Å². The van der Waals surface area contributed by atoms with Crippen molar-refractivity contribution in [2.24, 2.45) is 0 Å². The first-order chi connectivity index (χ1) is 6.79. The molecule has 1 aromatic carbocycles. The van der Waals surface area contributed by atoms with E-state index in [-0.39, 0.29) is 6.04 Å². The first-order valence-corrected chi connectivity index (χ1v) is 4.67. The molecule has 1 N–H and O–H groups in total. The van der Waals surface area contributed by atoms with Gasteiger partial charge in [-0.3, -0.25) is 0 Å². The average Bonchev–Trinajstić information content (AvgIpc) is 2.65. The molecule has 1 fully saturated rings. The van der Waals surface area contributed by atoms with Gasteiger partial charge in [-0.1, -0.05) is 12.1 Å². The van der Waals surface area contributed by atoms with Crippen molar-refractivity contribution in [3.8, 4) is 6.07 Å². The lowest BCUT2D eigenvalue weighted by Crippen LogP contribution is -2.13. The smallest absolute Gasteiger partial charge is 0.114 e. The van der Waals surface area contributed by atoms with Crippen LogP contribution in [0.2, 0.25) is 0 Å². The van der Waals surface area contributed by atoms with Gasteiger partial charge in [0, 0.05) is 12.6 Å². The van der Waals surface area contributed by atoms with Crippen LogP contribution >= 0.6 is 0 Å². The van der Waals surface area contributed by atoms with Crippen molar-refractivity contribution < 1.29 is 4.39 Å². The molecule has 2 atom stereocenters. The molecule has 2 rings (SSSR count). The van der Waals surface area contributed by atoms with Crippen LogP contribution in [0.15, 0.2) is 24.3 Å². The van der Waals surface area contributed by atoms with Crippen LogP contribution in [0.5, 0.6) is 0 Å². The average molecular weight is 190 g/mol. The van der Waals surface area contributed by atoms with Gasteiger partial charge in [-0.2, -0.15) is 5.26 Å². The van der Waals surface area contributed by atoms with Crippen molar-refractivity contribution >= 4 is 0 Å². The number of halogens is 1. The van der Waals surface area contributed by atoms with E-state index in [2.05, 4.69) is 11.4 Å². The molecule has 0 spiro atoms. The lowest BCUT2D eigenvalue weighted by molar-refractivity contribution is 0.356. The molecule has 0 radical (unpaired) electrons. The molecule has 0 amide bonds. The Labute approximate surface area is 82.4 Å². The number of alkyl halides is 1. The van der Waals surface area contributed by atoms with E-state index in [1.165, 1.54) is 0 Å². The number of hydrogen-bond donors (Lipinski definition) is 1. The van der Waals surface area contributed by atoms with Crippen LogP contribution in [0.3, 0.4) is 0 Å². The minimum absolute atomic E-state index is 0.0679. The van der Waals surface area contributed by atoms with Crippen LogP contribution < -0.4 is 5.32 Å². The molecule has 1 aromatic rings. The maximum atomic E-state index is 12.9. The number of nitrogens with one attached hydrogen (secondary N) is 1. The summed E-state index contributed by atoms with van der Waals surface area (Å²) < 4.78 is 12.9. The zero-order valence-corrected chi connectivity index (χ0v) is 7.70. The van der Waals surface area contributed by atoms with E-state index in [1.54, 1.807) is 6.07 Å². The molecular weight excluding hydrogens is 179 g/mol. The van der Waals surface area contributed by atoms with E-state index in [0.29, 0.717) is 18.5 Å². The highest BCUT2D eigenvalue weighted by Crippen LogP contribution is 2.25. The predicted molar refractivity (Wildman–Crippen MR) is 51.4 cm³/mol. The maximum Gasteiger partial charge on any atom is 0.114 e. The van der Waals surface area contributed by atoms with E-state index in [0.717, 1.165) is 5.56 Å². The molecule has 0 bridgehead atoms. The third-order valence-electron chi connectivity index (χ3n) is 2.50. The minimum atomic E-state index is -0.759. The Balaban J connectivity index is 2.20. The maximum absolute atomic E-state index is 12.9. The molecular formula is C11H11FN2. The summed E-state index contributed by atoms with van der Waals surface area (Å²) in [6.07, 6.45) is -0.250. The molecule has 2 nitrogen and oxygen atoms in total. The van der Waals surface area contributed by atoms with E-state index < -0.39 is 6.17 Å². The van der Waals surface area contributed by atoms with Crippen LogP contribution in [0.1, 0.15) is 23.6 Å². The minimum Gasteiger partial charge on any atom is -0.307 e. The summed E-state index contributed by atoms with van der Waals surface area (Å²) in [5.74, 6) is 0. The molecule has 0 aromatic heterocycles.